The van der Waals surface area contributed by atoms with Crippen LogP contribution in [0.15, 0.2) is 59.0 Å². The fourth-order valence-electron chi connectivity index (χ4n) is 3.71. The van der Waals surface area contributed by atoms with E-state index in [0.717, 1.165) is 40.6 Å². The van der Waals surface area contributed by atoms with Gasteiger partial charge in [0.15, 0.2) is 0 Å². The number of hydrogen-bond donors (Lipinski definition) is 1. The first-order valence-electron chi connectivity index (χ1n) is 10.3. The normalized spacial score (nSPS) is 17.9. The maximum Gasteiger partial charge on any atom is 0.321 e. The van der Waals surface area contributed by atoms with Gasteiger partial charge in [0.2, 0.25) is 5.89 Å². The standard InChI is InChI=1S/C24H26N2O4S/c1-16(22-17(2)30-23(25-22)19-6-4-3-5-7-19)29-20-10-8-18(9-11-20)14-26-12-13-31-15-21(26)24(27)28/h3-11,16,21H,12-15H2,1-2H3,(H,27,28). The van der Waals surface area contributed by atoms with Gasteiger partial charge >= 0.3 is 5.97 Å². The van der Waals surface area contributed by atoms with Crippen molar-refractivity contribution >= 4 is 17.7 Å². The van der Waals surface area contributed by atoms with Gasteiger partial charge in [0.05, 0.1) is 0 Å². The Hall–Kier alpha value is -2.77. The molecule has 1 fully saturated rings. The van der Waals surface area contributed by atoms with E-state index in [1.807, 2.05) is 73.3 Å². The first-order chi connectivity index (χ1) is 15.0. The van der Waals surface area contributed by atoms with Crippen LogP contribution in [0.4, 0.5) is 0 Å². The number of aliphatic carboxylic acids is 1. The zero-order valence-corrected chi connectivity index (χ0v) is 18.5. The molecule has 0 spiro atoms. The van der Waals surface area contributed by atoms with Crippen LogP contribution in [0.25, 0.3) is 11.5 Å². The van der Waals surface area contributed by atoms with Gasteiger partial charge < -0.3 is 14.3 Å². The molecule has 2 unspecified atom stereocenters. The molecule has 0 bridgehead atoms. The molecule has 3 aromatic rings. The van der Waals surface area contributed by atoms with Gasteiger partial charge in [-0.1, -0.05) is 30.3 Å². The fourth-order valence-corrected chi connectivity index (χ4v) is 4.82. The highest BCUT2D eigenvalue weighted by Crippen LogP contribution is 2.28. The van der Waals surface area contributed by atoms with Crippen molar-refractivity contribution in [2.45, 2.75) is 32.5 Å². The van der Waals surface area contributed by atoms with E-state index in [0.29, 0.717) is 18.2 Å². The van der Waals surface area contributed by atoms with Crippen molar-refractivity contribution in [3.05, 3.63) is 71.6 Å². The van der Waals surface area contributed by atoms with Gasteiger partial charge in [-0.2, -0.15) is 11.8 Å². The highest BCUT2D eigenvalue weighted by Gasteiger charge is 2.28. The Bertz CT molecular complexity index is 1020. The molecule has 0 aliphatic carbocycles. The molecule has 2 aromatic carbocycles. The molecule has 0 amide bonds. The quantitative estimate of drug-likeness (QED) is 0.568. The Labute approximate surface area is 186 Å². The number of oxazole rings is 1. The second-order valence-corrected chi connectivity index (χ2v) is 8.78. The van der Waals surface area contributed by atoms with Gasteiger partial charge in [0, 0.05) is 30.2 Å². The van der Waals surface area contributed by atoms with Gasteiger partial charge in [-0.15, -0.1) is 0 Å². The molecule has 1 aromatic heterocycles. The maximum absolute atomic E-state index is 11.5. The number of carboxylic acid groups (broad SMARTS) is 1. The van der Waals surface area contributed by atoms with Crippen molar-refractivity contribution in [2.24, 2.45) is 0 Å². The lowest BCUT2D eigenvalue weighted by Gasteiger charge is -2.32. The minimum atomic E-state index is -0.751. The van der Waals surface area contributed by atoms with E-state index in [1.54, 1.807) is 11.8 Å². The summed E-state index contributed by atoms with van der Waals surface area (Å²) in [7, 11) is 0. The van der Waals surface area contributed by atoms with Crippen molar-refractivity contribution in [1.29, 1.82) is 0 Å². The summed E-state index contributed by atoms with van der Waals surface area (Å²) in [6.07, 6.45) is -0.262. The van der Waals surface area contributed by atoms with Crippen LogP contribution in [0.3, 0.4) is 0 Å². The summed E-state index contributed by atoms with van der Waals surface area (Å²) < 4.78 is 11.9. The predicted octanol–water partition coefficient (Wildman–Crippen LogP) is 4.79. The summed E-state index contributed by atoms with van der Waals surface area (Å²) >= 11 is 1.70. The van der Waals surface area contributed by atoms with Crippen molar-refractivity contribution in [1.82, 2.24) is 9.88 Å². The molecule has 7 heteroatoms. The first kappa shape index (κ1) is 21.5. The Kier molecular flexibility index (Phi) is 6.63. The molecule has 2 atom stereocenters. The third-order valence-corrected chi connectivity index (χ3v) is 6.41. The molecular weight excluding hydrogens is 412 g/mol. The minimum absolute atomic E-state index is 0.262. The average Bonchev–Trinajstić information content (AvgIpc) is 3.18. The zero-order chi connectivity index (χ0) is 21.8. The number of aromatic nitrogens is 1. The number of hydrogen-bond acceptors (Lipinski definition) is 6. The molecule has 6 nitrogen and oxygen atoms in total. The number of ether oxygens (including phenoxy) is 1. The fraction of sp³-hybridized carbons (Fsp3) is 0.333. The van der Waals surface area contributed by atoms with Crippen LogP contribution in [-0.4, -0.2) is 45.1 Å². The smallest absolute Gasteiger partial charge is 0.321 e. The predicted molar refractivity (Wildman–Crippen MR) is 121 cm³/mol. The van der Waals surface area contributed by atoms with Crippen LogP contribution in [-0.2, 0) is 11.3 Å². The lowest BCUT2D eigenvalue weighted by atomic mass is 10.1. The Morgan fingerprint density at radius 3 is 2.71 bits per heavy atom. The topological polar surface area (TPSA) is 75.8 Å². The summed E-state index contributed by atoms with van der Waals surface area (Å²) in [6.45, 7) is 5.26. The maximum atomic E-state index is 11.5. The third kappa shape index (κ3) is 5.11. The second-order valence-electron chi connectivity index (χ2n) is 7.63. The monoisotopic (exact) mass is 438 g/mol. The van der Waals surface area contributed by atoms with Crippen LogP contribution in [0.1, 0.15) is 30.0 Å². The largest absolute Gasteiger partial charge is 0.484 e. The number of rotatable bonds is 7. The van der Waals surface area contributed by atoms with E-state index >= 15 is 0 Å². The van der Waals surface area contributed by atoms with Crippen molar-refractivity contribution in [3.8, 4) is 17.2 Å². The van der Waals surface area contributed by atoms with E-state index in [-0.39, 0.29) is 6.10 Å². The SMILES string of the molecule is Cc1oc(-c2ccccc2)nc1C(C)Oc1ccc(CN2CCSCC2C(=O)O)cc1. The van der Waals surface area contributed by atoms with Crippen LogP contribution >= 0.6 is 11.8 Å². The van der Waals surface area contributed by atoms with Gasteiger partial charge in [-0.25, -0.2) is 4.98 Å². The molecular formula is C24H26N2O4S. The van der Waals surface area contributed by atoms with Crippen molar-refractivity contribution in [2.75, 3.05) is 18.1 Å². The molecule has 162 valence electrons. The number of nitrogens with zero attached hydrogens (tertiary/aromatic N) is 2. The van der Waals surface area contributed by atoms with Gasteiger partial charge in [0.25, 0.3) is 0 Å². The molecule has 0 saturated carbocycles. The van der Waals surface area contributed by atoms with Crippen molar-refractivity contribution in [3.63, 3.8) is 0 Å². The molecule has 31 heavy (non-hydrogen) atoms. The summed E-state index contributed by atoms with van der Waals surface area (Å²) in [6, 6.07) is 17.2. The Morgan fingerprint density at radius 2 is 2.00 bits per heavy atom. The highest BCUT2D eigenvalue weighted by molar-refractivity contribution is 7.99. The summed E-state index contributed by atoms with van der Waals surface area (Å²) in [5, 5.41) is 9.45. The molecule has 1 N–H and O–H groups in total. The van der Waals surface area contributed by atoms with Gasteiger partial charge in [-0.3, -0.25) is 9.69 Å². The molecule has 1 aliphatic heterocycles. The minimum Gasteiger partial charge on any atom is -0.484 e. The average molecular weight is 439 g/mol. The van der Waals surface area contributed by atoms with E-state index in [1.165, 1.54) is 0 Å². The zero-order valence-electron chi connectivity index (χ0n) is 17.7. The molecule has 4 rings (SSSR count). The third-order valence-electron chi connectivity index (χ3n) is 5.38. The Balaban J connectivity index is 1.41. The van der Waals surface area contributed by atoms with E-state index in [9.17, 15) is 9.90 Å². The van der Waals surface area contributed by atoms with E-state index < -0.39 is 12.0 Å². The Morgan fingerprint density at radius 1 is 1.26 bits per heavy atom. The lowest BCUT2D eigenvalue weighted by molar-refractivity contribution is -0.142. The van der Waals surface area contributed by atoms with Gasteiger partial charge in [0.1, 0.15) is 29.3 Å². The van der Waals surface area contributed by atoms with Crippen molar-refractivity contribution < 1.29 is 19.1 Å². The van der Waals surface area contributed by atoms with Crippen LogP contribution < -0.4 is 4.74 Å². The van der Waals surface area contributed by atoms with Gasteiger partial charge in [-0.05, 0) is 43.7 Å². The molecule has 1 saturated heterocycles. The van der Waals surface area contributed by atoms with Crippen LogP contribution in [0.2, 0.25) is 0 Å². The number of carboxylic acids is 1. The molecule has 2 heterocycles. The first-order valence-corrected chi connectivity index (χ1v) is 11.5. The highest BCUT2D eigenvalue weighted by atomic mass is 32.2. The van der Waals surface area contributed by atoms with E-state index in [4.69, 9.17) is 9.15 Å². The summed E-state index contributed by atoms with van der Waals surface area (Å²) in [4.78, 5) is 18.2. The summed E-state index contributed by atoms with van der Waals surface area (Å²) in [5.74, 6) is 2.92. The summed E-state index contributed by atoms with van der Waals surface area (Å²) in [5.41, 5.74) is 2.78. The number of thioether (sulfide) groups is 1. The molecule has 0 radical (unpaired) electrons. The number of carbonyl (C=O) groups is 1. The lowest BCUT2D eigenvalue weighted by Crippen LogP contribution is -2.46. The molecule has 1 aliphatic rings. The van der Waals surface area contributed by atoms with Crippen LogP contribution in [0, 0.1) is 6.92 Å². The second kappa shape index (κ2) is 9.58. The van der Waals surface area contributed by atoms with Crippen LogP contribution in [0.5, 0.6) is 5.75 Å². The van der Waals surface area contributed by atoms with E-state index in [2.05, 4.69) is 4.98 Å². The number of aryl methyl sites for hydroxylation is 1. The number of benzene rings is 2.